The minimum absolute atomic E-state index is 0. The topological polar surface area (TPSA) is 67.6 Å². The smallest absolute Gasteiger partial charge is 0.405 e. The number of hydrogen-bond donors (Lipinski definition) is 2. The van der Waals surface area contributed by atoms with E-state index in [0.29, 0.717) is 6.04 Å². The Hall–Kier alpha value is -0.560. The maximum Gasteiger partial charge on any atom is 0.405 e. The summed E-state index contributed by atoms with van der Waals surface area (Å²) >= 11 is 5.46. The van der Waals surface area contributed by atoms with Gasteiger partial charge in [0.25, 0.3) is 0 Å². The van der Waals surface area contributed by atoms with Crippen molar-refractivity contribution in [2.45, 2.75) is 38.1 Å². The summed E-state index contributed by atoms with van der Waals surface area (Å²) in [6, 6.07) is 10.2. The van der Waals surface area contributed by atoms with Crippen molar-refractivity contribution >= 4 is 41.8 Å². The highest BCUT2D eigenvalue weighted by molar-refractivity contribution is 6.61. The highest BCUT2D eigenvalue weighted by Crippen LogP contribution is 2.26. The number of hydrogen-bond acceptors (Lipinski definition) is 5. The van der Waals surface area contributed by atoms with Gasteiger partial charge in [-0.25, -0.2) is 4.79 Å². The highest BCUT2D eigenvalue weighted by Gasteiger charge is 2.29. The van der Waals surface area contributed by atoms with Crippen molar-refractivity contribution in [1.29, 1.82) is 0 Å². The van der Waals surface area contributed by atoms with Gasteiger partial charge in [0.05, 0.1) is 0 Å². The number of ether oxygens (including phenoxy) is 1. The van der Waals surface area contributed by atoms with Crippen LogP contribution in [0.25, 0.3) is 0 Å². The van der Waals surface area contributed by atoms with E-state index >= 15 is 0 Å². The quantitative estimate of drug-likeness (QED) is 0.720. The van der Waals surface area contributed by atoms with Crippen LogP contribution >= 0.6 is 36.4 Å². The van der Waals surface area contributed by atoms with Crippen LogP contribution in [0.15, 0.2) is 30.3 Å². The van der Waals surface area contributed by atoms with Gasteiger partial charge in [0, 0.05) is 48.9 Å². The zero-order chi connectivity index (χ0) is 15.9. The van der Waals surface area contributed by atoms with E-state index in [2.05, 4.69) is 10.2 Å². The molecule has 1 aliphatic rings. The van der Waals surface area contributed by atoms with Gasteiger partial charge in [-0.2, -0.15) is 0 Å². The fourth-order valence-corrected chi connectivity index (χ4v) is 2.88. The molecule has 1 aliphatic heterocycles. The van der Waals surface area contributed by atoms with E-state index in [1.165, 1.54) is 0 Å². The number of nitrogens with two attached hydrogens (primary N) is 1. The SMILES string of the molecule is CC(N)CNC1CCCN(C(OC(=O)Cl)c2ccccc2)C1.Cl.Cl. The fourth-order valence-electron chi connectivity index (χ4n) is 2.80. The van der Waals surface area contributed by atoms with E-state index in [9.17, 15) is 4.79 Å². The van der Waals surface area contributed by atoms with Gasteiger partial charge in [-0.15, -0.1) is 24.8 Å². The molecule has 2 rings (SSSR count). The van der Waals surface area contributed by atoms with Crippen molar-refractivity contribution in [1.82, 2.24) is 10.2 Å². The van der Waals surface area contributed by atoms with Crippen LogP contribution in [0.5, 0.6) is 0 Å². The van der Waals surface area contributed by atoms with Gasteiger partial charge in [-0.3, -0.25) is 4.90 Å². The number of rotatable bonds is 6. The standard InChI is InChI=1S/C16H24ClN3O2.2ClH/c1-12(18)10-19-14-8-5-9-20(11-14)15(22-16(17)21)13-6-3-2-4-7-13;;/h2-4,6-7,12,14-15,19H,5,8-11,18H2,1H3;2*1H. The minimum atomic E-state index is -0.778. The summed E-state index contributed by atoms with van der Waals surface area (Å²) in [4.78, 5) is 13.4. The Balaban J connectivity index is 0.00000264. The molecule has 1 aromatic carbocycles. The molecule has 0 spiro atoms. The molecule has 1 aromatic rings. The Morgan fingerprint density at radius 3 is 2.67 bits per heavy atom. The first-order valence-corrected chi connectivity index (χ1v) is 8.08. The zero-order valence-corrected chi connectivity index (χ0v) is 16.1. The van der Waals surface area contributed by atoms with Gasteiger partial charge >= 0.3 is 5.43 Å². The van der Waals surface area contributed by atoms with Gasteiger partial charge in [0.1, 0.15) is 0 Å². The molecule has 1 fully saturated rings. The molecule has 0 aliphatic carbocycles. The third-order valence-electron chi connectivity index (χ3n) is 3.80. The number of carbonyl (C=O) groups is 1. The van der Waals surface area contributed by atoms with Crippen LogP contribution in [0, 0.1) is 0 Å². The molecule has 0 saturated carbocycles. The second-order valence-corrected chi connectivity index (χ2v) is 6.15. The summed E-state index contributed by atoms with van der Waals surface area (Å²) in [5.41, 5.74) is 5.95. The van der Waals surface area contributed by atoms with E-state index in [1.807, 2.05) is 37.3 Å². The van der Waals surface area contributed by atoms with Crippen molar-refractivity contribution in [2.24, 2.45) is 5.73 Å². The van der Waals surface area contributed by atoms with Crippen molar-refractivity contribution in [3.05, 3.63) is 35.9 Å². The van der Waals surface area contributed by atoms with E-state index in [4.69, 9.17) is 22.1 Å². The molecule has 5 nitrogen and oxygen atoms in total. The lowest BCUT2D eigenvalue weighted by atomic mass is 10.0. The van der Waals surface area contributed by atoms with Gasteiger partial charge in [0.15, 0.2) is 6.23 Å². The summed E-state index contributed by atoms with van der Waals surface area (Å²) in [6.07, 6.45) is 1.70. The lowest BCUT2D eigenvalue weighted by Gasteiger charge is -2.38. The molecule has 1 heterocycles. The predicted octanol–water partition coefficient (Wildman–Crippen LogP) is 3.31. The van der Waals surface area contributed by atoms with Crippen LogP contribution in [0.2, 0.25) is 0 Å². The van der Waals surface area contributed by atoms with Crippen molar-refractivity contribution in [3.63, 3.8) is 0 Å². The van der Waals surface area contributed by atoms with E-state index in [0.717, 1.165) is 38.0 Å². The summed E-state index contributed by atoms with van der Waals surface area (Å²) in [7, 11) is 0. The largest absolute Gasteiger partial charge is 0.430 e. The normalized spacial score (nSPS) is 20.2. The Labute approximate surface area is 161 Å². The van der Waals surface area contributed by atoms with Crippen LogP contribution in [-0.4, -0.2) is 42.0 Å². The number of carbonyl (C=O) groups excluding carboxylic acids is 1. The average Bonchev–Trinajstić information content (AvgIpc) is 2.51. The molecule has 138 valence electrons. The predicted molar refractivity (Wildman–Crippen MR) is 102 cm³/mol. The lowest BCUT2D eigenvalue weighted by Crippen LogP contribution is -2.49. The first-order valence-electron chi connectivity index (χ1n) is 7.70. The summed E-state index contributed by atoms with van der Waals surface area (Å²) in [5, 5.41) is 3.47. The van der Waals surface area contributed by atoms with E-state index in [-0.39, 0.29) is 30.9 Å². The van der Waals surface area contributed by atoms with Crippen LogP contribution in [-0.2, 0) is 4.74 Å². The van der Waals surface area contributed by atoms with E-state index in [1.54, 1.807) is 0 Å². The van der Waals surface area contributed by atoms with Crippen molar-refractivity contribution in [3.8, 4) is 0 Å². The minimum Gasteiger partial charge on any atom is -0.430 e. The third kappa shape index (κ3) is 7.55. The monoisotopic (exact) mass is 397 g/mol. The van der Waals surface area contributed by atoms with Crippen LogP contribution in [0.1, 0.15) is 31.6 Å². The molecule has 0 bridgehead atoms. The average molecular weight is 399 g/mol. The van der Waals surface area contributed by atoms with Crippen molar-refractivity contribution in [2.75, 3.05) is 19.6 Å². The molecule has 0 aromatic heterocycles. The molecule has 8 heteroatoms. The molecule has 3 atom stereocenters. The summed E-state index contributed by atoms with van der Waals surface area (Å²) < 4.78 is 5.35. The van der Waals surface area contributed by atoms with Crippen LogP contribution < -0.4 is 11.1 Å². The number of likely N-dealkylation sites (tertiary alicyclic amines) is 1. The zero-order valence-electron chi connectivity index (χ0n) is 13.7. The highest BCUT2D eigenvalue weighted by atomic mass is 35.5. The number of benzene rings is 1. The third-order valence-corrected chi connectivity index (χ3v) is 3.89. The van der Waals surface area contributed by atoms with Crippen molar-refractivity contribution < 1.29 is 9.53 Å². The maximum absolute atomic E-state index is 11.3. The van der Waals surface area contributed by atoms with Gasteiger partial charge in [-0.1, -0.05) is 30.3 Å². The Kier molecular flexibility index (Phi) is 11.6. The first-order chi connectivity index (χ1) is 10.6. The number of nitrogens with one attached hydrogen (secondary N) is 1. The van der Waals surface area contributed by atoms with E-state index < -0.39 is 11.7 Å². The van der Waals surface area contributed by atoms with Gasteiger partial charge < -0.3 is 15.8 Å². The number of piperidine rings is 1. The molecular formula is C16H26Cl3N3O2. The van der Waals surface area contributed by atoms with Crippen LogP contribution in [0.4, 0.5) is 4.79 Å². The number of nitrogens with zero attached hydrogens (tertiary/aromatic N) is 1. The summed E-state index contributed by atoms with van der Waals surface area (Å²) in [5.74, 6) is 0. The Morgan fingerprint density at radius 1 is 1.42 bits per heavy atom. The second-order valence-electron chi connectivity index (χ2n) is 5.84. The summed E-state index contributed by atoms with van der Waals surface area (Å²) in [6.45, 7) is 4.44. The number of halogens is 3. The Morgan fingerprint density at radius 2 is 2.08 bits per heavy atom. The maximum atomic E-state index is 11.3. The molecular weight excluding hydrogens is 373 g/mol. The molecule has 0 amide bonds. The molecule has 24 heavy (non-hydrogen) atoms. The fraction of sp³-hybridized carbons (Fsp3) is 0.562. The van der Waals surface area contributed by atoms with Crippen LogP contribution in [0.3, 0.4) is 0 Å². The Bertz CT molecular complexity index is 477. The second kappa shape index (κ2) is 11.9. The molecule has 0 radical (unpaired) electrons. The molecule has 3 unspecified atom stereocenters. The molecule has 1 saturated heterocycles. The molecule has 3 N–H and O–H groups in total. The van der Waals surface area contributed by atoms with Gasteiger partial charge in [-0.05, 0) is 19.8 Å². The first kappa shape index (κ1) is 23.4. The van der Waals surface area contributed by atoms with Gasteiger partial charge in [0.2, 0.25) is 0 Å². The lowest BCUT2D eigenvalue weighted by molar-refractivity contribution is -0.0217.